The van der Waals surface area contributed by atoms with Gasteiger partial charge in [0.15, 0.2) is 11.5 Å². The summed E-state index contributed by atoms with van der Waals surface area (Å²) in [5.74, 6) is 0.996. The molecule has 2 aromatic carbocycles. The Balaban J connectivity index is 1.84. The van der Waals surface area contributed by atoms with Crippen LogP contribution in [-0.2, 0) is 37.9 Å². The fraction of sp³-hybridized carbons (Fsp3) is 0.452. The quantitative estimate of drug-likeness (QED) is 0.218. The third-order valence-corrected chi connectivity index (χ3v) is 9.54. The second-order valence-electron chi connectivity index (χ2n) is 10.8. The molecule has 1 heterocycles. The summed E-state index contributed by atoms with van der Waals surface area (Å²) in [6.45, 7) is 7.36. The average molecular weight is 603 g/mol. The Morgan fingerprint density at radius 1 is 0.927 bits per heavy atom. The van der Waals surface area contributed by atoms with Gasteiger partial charge in [-0.05, 0) is 65.1 Å². The zero-order valence-corrected chi connectivity index (χ0v) is 26.5. The summed E-state index contributed by atoms with van der Waals surface area (Å²) in [5, 5.41) is 1.97. The topological polar surface area (TPSA) is 85.4 Å². The number of carbonyl (C=O) groups is 1. The molecule has 0 aliphatic rings. The summed E-state index contributed by atoms with van der Waals surface area (Å²) in [5.41, 5.74) is 1.91. The first-order valence-electron chi connectivity index (χ1n) is 13.6. The van der Waals surface area contributed by atoms with Crippen LogP contribution in [0, 0.1) is 0 Å². The van der Waals surface area contributed by atoms with Crippen LogP contribution in [0.3, 0.4) is 0 Å². The van der Waals surface area contributed by atoms with Crippen molar-refractivity contribution in [3.63, 3.8) is 0 Å². The molecule has 0 saturated heterocycles. The summed E-state index contributed by atoms with van der Waals surface area (Å²) in [4.78, 5) is 16.7. The number of nitrogens with zero attached hydrogens (tertiary/aromatic N) is 2. The first kappa shape index (κ1) is 32.6. The van der Waals surface area contributed by atoms with Crippen LogP contribution in [0.25, 0.3) is 0 Å². The third-order valence-electron chi connectivity index (χ3n) is 6.82. The van der Waals surface area contributed by atoms with Crippen LogP contribution in [0.4, 0.5) is 0 Å². The largest absolute Gasteiger partial charge is 0.493 e. The van der Waals surface area contributed by atoms with Crippen molar-refractivity contribution in [2.45, 2.75) is 50.5 Å². The lowest BCUT2D eigenvalue weighted by Gasteiger charge is -2.27. The Morgan fingerprint density at radius 3 is 2.22 bits per heavy atom. The number of methoxy groups -OCH3 is 3. The summed E-state index contributed by atoms with van der Waals surface area (Å²) < 4.78 is 44.8. The third kappa shape index (κ3) is 9.03. The maximum atomic E-state index is 13.8. The highest BCUT2D eigenvalue weighted by Crippen LogP contribution is 2.28. The molecule has 3 rings (SSSR count). The number of ether oxygens (including phenoxy) is 3. The predicted octanol–water partition coefficient (Wildman–Crippen LogP) is 5.36. The molecule has 1 amide bonds. The van der Waals surface area contributed by atoms with Gasteiger partial charge in [-0.25, -0.2) is 8.42 Å². The summed E-state index contributed by atoms with van der Waals surface area (Å²) in [6, 6.07) is 16.5. The van der Waals surface area contributed by atoms with Crippen LogP contribution in [0.15, 0.2) is 64.9 Å². The van der Waals surface area contributed by atoms with Gasteiger partial charge < -0.3 is 19.1 Å². The highest BCUT2D eigenvalue weighted by Gasteiger charge is 2.29. The molecule has 0 radical (unpaired) electrons. The van der Waals surface area contributed by atoms with Gasteiger partial charge in [-0.2, -0.15) is 4.31 Å². The maximum Gasteiger partial charge on any atom is 0.243 e. The van der Waals surface area contributed by atoms with E-state index in [9.17, 15) is 13.2 Å². The SMILES string of the molecule is COCCCN(CC(=O)N(CCc1ccc(OC)c(OC)c1)Cc1cccs1)S(=O)(=O)c1ccc(C(C)(C)C)cc1. The fourth-order valence-electron chi connectivity index (χ4n) is 4.38. The van der Waals surface area contributed by atoms with E-state index in [0.29, 0.717) is 44.0 Å². The molecule has 224 valence electrons. The standard InChI is InChI=1S/C31H42N2O6S2/c1-31(2,3)25-11-13-27(14-12-25)41(35,36)33(17-8-19-37-4)23-30(34)32(22-26-9-7-20-40-26)18-16-24-10-15-28(38-5)29(21-24)39-6/h7,9-15,20-21H,8,16-19,22-23H2,1-6H3. The Kier molecular flexibility index (Phi) is 11.8. The van der Waals surface area contributed by atoms with E-state index in [2.05, 4.69) is 20.8 Å². The van der Waals surface area contributed by atoms with Gasteiger partial charge in [0.1, 0.15) is 0 Å². The van der Waals surface area contributed by atoms with Crippen molar-refractivity contribution < 1.29 is 27.4 Å². The van der Waals surface area contributed by atoms with Crippen molar-refractivity contribution in [2.24, 2.45) is 0 Å². The maximum absolute atomic E-state index is 13.8. The molecule has 0 bridgehead atoms. The average Bonchev–Trinajstić information content (AvgIpc) is 3.47. The normalized spacial score (nSPS) is 12.0. The Labute approximate surface area is 248 Å². The van der Waals surface area contributed by atoms with E-state index in [1.54, 1.807) is 49.7 Å². The molecule has 0 aliphatic heterocycles. The van der Waals surface area contributed by atoms with Gasteiger partial charge in [0.2, 0.25) is 15.9 Å². The van der Waals surface area contributed by atoms with Crippen LogP contribution in [-0.4, -0.2) is 71.1 Å². The lowest BCUT2D eigenvalue weighted by Crippen LogP contribution is -2.43. The molecule has 10 heteroatoms. The number of thiophene rings is 1. The monoisotopic (exact) mass is 602 g/mol. The van der Waals surface area contributed by atoms with E-state index in [0.717, 1.165) is 16.0 Å². The van der Waals surface area contributed by atoms with E-state index in [-0.39, 0.29) is 29.3 Å². The number of carbonyl (C=O) groups excluding carboxylic acids is 1. The molecule has 0 aliphatic carbocycles. The van der Waals surface area contributed by atoms with Gasteiger partial charge >= 0.3 is 0 Å². The van der Waals surface area contributed by atoms with Crippen molar-refractivity contribution >= 4 is 27.3 Å². The smallest absolute Gasteiger partial charge is 0.243 e. The van der Waals surface area contributed by atoms with E-state index in [4.69, 9.17) is 14.2 Å². The predicted molar refractivity (Wildman–Crippen MR) is 163 cm³/mol. The molecule has 0 unspecified atom stereocenters. The second kappa shape index (κ2) is 14.8. The van der Waals surface area contributed by atoms with Crippen LogP contribution in [0.2, 0.25) is 0 Å². The van der Waals surface area contributed by atoms with Crippen LogP contribution < -0.4 is 9.47 Å². The zero-order valence-electron chi connectivity index (χ0n) is 24.9. The summed E-state index contributed by atoms with van der Waals surface area (Å²) in [6.07, 6.45) is 1.04. The minimum atomic E-state index is -3.92. The molecular formula is C31H42N2O6S2. The van der Waals surface area contributed by atoms with Crippen LogP contribution >= 0.6 is 11.3 Å². The van der Waals surface area contributed by atoms with Crippen LogP contribution in [0.1, 0.15) is 43.2 Å². The lowest BCUT2D eigenvalue weighted by molar-refractivity contribution is -0.132. The highest BCUT2D eigenvalue weighted by molar-refractivity contribution is 7.89. The highest BCUT2D eigenvalue weighted by atomic mass is 32.2. The van der Waals surface area contributed by atoms with E-state index >= 15 is 0 Å². The second-order valence-corrected chi connectivity index (χ2v) is 13.8. The molecule has 0 saturated carbocycles. The van der Waals surface area contributed by atoms with E-state index in [1.165, 1.54) is 4.31 Å². The number of rotatable bonds is 15. The molecule has 0 N–H and O–H groups in total. The first-order valence-corrected chi connectivity index (χ1v) is 15.9. The van der Waals surface area contributed by atoms with Gasteiger partial charge in [0.05, 0.1) is 32.2 Å². The lowest BCUT2D eigenvalue weighted by atomic mass is 9.87. The van der Waals surface area contributed by atoms with Gasteiger partial charge in [0, 0.05) is 31.7 Å². The van der Waals surface area contributed by atoms with E-state index < -0.39 is 10.0 Å². The minimum Gasteiger partial charge on any atom is -0.493 e. The number of hydrogen-bond acceptors (Lipinski definition) is 7. The molecule has 0 atom stereocenters. The van der Waals surface area contributed by atoms with Gasteiger partial charge in [0.25, 0.3) is 0 Å². The zero-order chi connectivity index (χ0) is 30.0. The van der Waals surface area contributed by atoms with E-state index in [1.807, 2.05) is 47.8 Å². The van der Waals surface area contributed by atoms with Crippen molar-refractivity contribution in [3.05, 3.63) is 76.0 Å². The van der Waals surface area contributed by atoms with Gasteiger partial charge in [-0.15, -0.1) is 11.3 Å². The molecule has 41 heavy (non-hydrogen) atoms. The number of benzene rings is 2. The number of sulfonamides is 1. The number of amides is 1. The molecular weight excluding hydrogens is 560 g/mol. The number of hydrogen-bond donors (Lipinski definition) is 0. The van der Waals surface area contributed by atoms with Crippen molar-refractivity contribution in [2.75, 3.05) is 47.6 Å². The first-order chi connectivity index (χ1) is 19.5. The summed E-state index contributed by atoms with van der Waals surface area (Å²) in [7, 11) is 0.834. The minimum absolute atomic E-state index is 0.105. The Bertz CT molecular complexity index is 1350. The molecule has 1 aromatic heterocycles. The molecule has 0 fully saturated rings. The molecule has 8 nitrogen and oxygen atoms in total. The van der Waals surface area contributed by atoms with Crippen molar-refractivity contribution in [1.82, 2.24) is 9.21 Å². The fourth-order valence-corrected chi connectivity index (χ4v) is 6.53. The van der Waals surface area contributed by atoms with Crippen LogP contribution in [0.5, 0.6) is 11.5 Å². The molecule has 0 spiro atoms. The van der Waals surface area contributed by atoms with Crippen molar-refractivity contribution in [3.8, 4) is 11.5 Å². The van der Waals surface area contributed by atoms with Gasteiger partial charge in [-0.1, -0.05) is 45.0 Å². The Hall–Kier alpha value is -2.92. The van der Waals surface area contributed by atoms with Gasteiger partial charge in [-0.3, -0.25) is 4.79 Å². The van der Waals surface area contributed by atoms with Crippen molar-refractivity contribution in [1.29, 1.82) is 0 Å². The molecule has 3 aromatic rings. The summed E-state index contributed by atoms with van der Waals surface area (Å²) >= 11 is 1.56. The Morgan fingerprint density at radius 2 is 1.63 bits per heavy atom.